The third kappa shape index (κ3) is 9.58. The molecule has 0 aliphatic carbocycles. The average Bonchev–Trinajstić information content (AvgIpc) is 2.91. The molecule has 0 unspecified atom stereocenters. The Labute approximate surface area is 217 Å². The van der Waals surface area contributed by atoms with Crippen LogP contribution in [0.25, 0.3) is 11.6 Å². The number of hydrogen-bond acceptors (Lipinski definition) is 3. The maximum absolute atomic E-state index is 9.65. The van der Waals surface area contributed by atoms with Crippen molar-refractivity contribution in [2.45, 2.75) is 57.9 Å². The Morgan fingerprint density at radius 1 is 0.806 bits per heavy atom. The van der Waals surface area contributed by atoms with E-state index in [1.807, 2.05) is 56.6 Å². The molecule has 1 heterocycles. The lowest BCUT2D eigenvalue weighted by Gasteiger charge is -2.12. The molecule has 0 aliphatic rings. The maximum Gasteiger partial charge on any atom is 0.168 e. The fourth-order valence-electron chi connectivity index (χ4n) is 4.18. The lowest BCUT2D eigenvalue weighted by Crippen LogP contribution is -2.32. The summed E-state index contributed by atoms with van der Waals surface area (Å²) in [5.41, 5.74) is 3.71. The van der Waals surface area contributed by atoms with Crippen molar-refractivity contribution in [3.05, 3.63) is 90.3 Å². The highest BCUT2D eigenvalue weighted by molar-refractivity contribution is 5.89. The van der Waals surface area contributed by atoms with Crippen molar-refractivity contribution in [1.29, 1.82) is 5.26 Å². The Morgan fingerprint density at radius 2 is 1.42 bits per heavy atom. The van der Waals surface area contributed by atoms with Crippen LogP contribution in [0.15, 0.2) is 79.1 Å². The van der Waals surface area contributed by atoms with Crippen LogP contribution in [0.1, 0.15) is 62.5 Å². The molecule has 2 aromatic carbocycles. The largest absolute Gasteiger partial charge is 0.494 e. The molecule has 0 saturated carbocycles. The fraction of sp³-hybridized carbons (Fsp3) is 0.375. The lowest BCUT2D eigenvalue weighted by atomic mass is 10.0. The van der Waals surface area contributed by atoms with Gasteiger partial charge in [-0.2, -0.15) is 5.26 Å². The van der Waals surface area contributed by atoms with Crippen LogP contribution in [0.3, 0.4) is 0 Å². The number of hydrogen-bond donors (Lipinski definition) is 0. The standard InChI is InChI=1S/C32H40N3O/c1-34(2)31-18-14-28(15-19-31)26-30(27-33)29-16-20-32(21-17-29)36-25-13-8-6-4-3-5-7-10-22-35-23-11-9-12-24-35/h9,11-12,14-21,23-24,26H,3-8,10,13,22,25H2,1-2H3/q+1/b30-26+. The average molecular weight is 483 g/mol. The molecule has 0 bridgehead atoms. The minimum absolute atomic E-state index is 0.651. The summed E-state index contributed by atoms with van der Waals surface area (Å²) in [6.07, 6.45) is 16.3. The summed E-state index contributed by atoms with van der Waals surface area (Å²) in [6.45, 7) is 1.87. The number of aryl methyl sites for hydroxylation is 1. The zero-order valence-corrected chi connectivity index (χ0v) is 21.9. The molecule has 3 aromatic rings. The number of rotatable bonds is 15. The molecular formula is C32H40N3O+. The Bertz CT molecular complexity index is 1080. The van der Waals surface area contributed by atoms with Crippen molar-refractivity contribution in [2.75, 3.05) is 25.6 Å². The highest BCUT2D eigenvalue weighted by atomic mass is 16.5. The maximum atomic E-state index is 9.65. The molecule has 1 aromatic heterocycles. The first-order valence-corrected chi connectivity index (χ1v) is 13.2. The number of benzene rings is 2. The third-order valence-corrected chi connectivity index (χ3v) is 6.36. The summed E-state index contributed by atoms with van der Waals surface area (Å²) in [7, 11) is 4.04. The van der Waals surface area contributed by atoms with Gasteiger partial charge in [0.05, 0.1) is 18.2 Å². The molecule has 0 radical (unpaired) electrons. The minimum atomic E-state index is 0.651. The predicted octanol–water partition coefficient (Wildman–Crippen LogP) is 7.30. The zero-order valence-electron chi connectivity index (χ0n) is 21.9. The van der Waals surface area contributed by atoms with Crippen LogP contribution in [-0.4, -0.2) is 20.7 Å². The van der Waals surface area contributed by atoms with E-state index in [-0.39, 0.29) is 0 Å². The van der Waals surface area contributed by atoms with E-state index in [9.17, 15) is 5.26 Å². The second-order valence-corrected chi connectivity index (χ2v) is 9.47. The van der Waals surface area contributed by atoms with Gasteiger partial charge in [0.1, 0.15) is 12.3 Å². The summed E-state index contributed by atoms with van der Waals surface area (Å²) < 4.78 is 8.18. The highest BCUT2D eigenvalue weighted by Crippen LogP contribution is 2.22. The Kier molecular flexibility index (Phi) is 11.6. The first-order valence-electron chi connectivity index (χ1n) is 13.2. The molecule has 0 aliphatic heterocycles. The van der Waals surface area contributed by atoms with Gasteiger partial charge in [-0.15, -0.1) is 0 Å². The fourth-order valence-corrected chi connectivity index (χ4v) is 4.18. The molecule has 188 valence electrons. The Hall–Kier alpha value is -3.58. The first kappa shape index (κ1) is 27.0. The van der Waals surface area contributed by atoms with Crippen LogP contribution in [0, 0.1) is 11.3 Å². The second-order valence-electron chi connectivity index (χ2n) is 9.47. The molecule has 3 rings (SSSR count). The zero-order chi connectivity index (χ0) is 25.4. The number of ether oxygens (including phenoxy) is 1. The van der Waals surface area contributed by atoms with E-state index in [4.69, 9.17) is 4.74 Å². The van der Waals surface area contributed by atoms with Gasteiger partial charge in [-0.25, -0.2) is 4.57 Å². The number of pyridine rings is 1. The van der Waals surface area contributed by atoms with E-state index in [0.717, 1.165) is 42.1 Å². The highest BCUT2D eigenvalue weighted by Gasteiger charge is 2.03. The van der Waals surface area contributed by atoms with Crippen molar-refractivity contribution in [3.8, 4) is 11.8 Å². The van der Waals surface area contributed by atoms with E-state index in [0.29, 0.717) is 5.57 Å². The molecule has 0 amide bonds. The quantitative estimate of drug-likeness (QED) is 0.0987. The summed E-state index contributed by atoms with van der Waals surface area (Å²) in [4.78, 5) is 2.06. The minimum Gasteiger partial charge on any atom is -0.494 e. The number of anilines is 1. The van der Waals surface area contributed by atoms with Gasteiger partial charge in [-0.05, 0) is 66.4 Å². The summed E-state index contributed by atoms with van der Waals surface area (Å²) in [5.74, 6) is 0.864. The number of aromatic nitrogens is 1. The van der Waals surface area contributed by atoms with Crippen LogP contribution in [0.2, 0.25) is 0 Å². The first-order chi connectivity index (χ1) is 17.7. The van der Waals surface area contributed by atoms with Crippen LogP contribution in [0.4, 0.5) is 5.69 Å². The summed E-state index contributed by atoms with van der Waals surface area (Å²) in [5, 5.41) is 9.65. The van der Waals surface area contributed by atoms with Crippen LogP contribution >= 0.6 is 0 Å². The van der Waals surface area contributed by atoms with Gasteiger partial charge in [0.25, 0.3) is 0 Å². The van der Waals surface area contributed by atoms with Crippen LogP contribution in [-0.2, 0) is 6.54 Å². The predicted molar refractivity (Wildman–Crippen MR) is 150 cm³/mol. The normalized spacial score (nSPS) is 11.2. The molecule has 0 saturated heterocycles. The van der Waals surface area contributed by atoms with Gasteiger partial charge >= 0.3 is 0 Å². The molecule has 0 atom stereocenters. The van der Waals surface area contributed by atoms with Crippen molar-refractivity contribution >= 4 is 17.3 Å². The summed E-state index contributed by atoms with van der Waals surface area (Å²) in [6, 6.07) is 24.6. The van der Waals surface area contributed by atoms with Crippen LogP contribution < -0.4 is 14.2 Å². The van der Waals surface area contributed by atoms with E-state index >= 15 is 0 Å². The molecule has 0 N–H and O–H groups in total. The van der Waals surface area contributed by atoms with Gasteiger partial charge in [-0.3, -0.25) is 0 Å². The SMILES string of the molecule is CN(C)c1ccc(/C=C(\C#N)c2ccc(OCCCCCCCCCC[n+]3ccccc3)cc2)cc1. The molecule has 4 nitrogen and oxygen atoms in total. The number of nitriles is 1. The van der Waals surface area contributed by atoms with Crippen LogP contribution in [0.5, 0.6) is 5.75 Å². The topological polar surface area (TPSA) is 40.1 Å². The number of nitrogens with zero attached hydrogens (tertiary/aromatic N) is 3. The van der Waals surface area contributed by atoms with Gasteiger partial charge < -0.3 is 9.64 Å². The molecule has 0 fully saturated rings. The van der Waals surface area contributed by atoms with Crippen molar-refractivity contribution in [3.63, 3.8) is 0 Å². The molecule has 4 heteroatoms. The number of allylic oxidation sites excluding steroid dienone is 1. The van der Waals surface area contributed by atoms with Gasteiger partial charge in [-0.1, -0.05) is 50.3 Å². The molecular weight excluding hydrogens is 442 g/mol. The van der Waals surface area contributed by atoms with E-state index in [2.05, 4.69) is 58.3 Å². The van der Waals surface area contributed by atoms with Gasteiger partial charge in [0.2, 0.25) is 0 Å². The lowest BCUT2D eigenvalue weighted by molar-refractivity contribution is -0.697. The number of unbranched alkanes of at least 4 members (excludes halogenated alkanes) is 7. The molecule has 36 heavy (non-hydrogen) atoms. The van der Waals surface area contributed by atoms with E-state index in [1.165, 1.54) is 44.9 Å². The molecule has 0 spiro atoms. The van der Waals surface area contributed by atoms with Gasteiger partial charge in [0.15, 0.2) is 12.4 Å². The van der Waals surface area contributed by atoms with Gasteiger partial charge in [0, 0.05) is 38.3 Å². The smallest absolute Gasteiger partial charge is 0.168 e. The van der Waals surface area contributed by atoms with Crippen molar-refractivity contribution in [1.82, 2.24) is 0 Å². The van der Waals surface area contributed by atoms with Crippen molar-refractivity contribution in [2.24, 2.45) is 0 Å². The summed E-state index contributed by atoms with van der Waals surface area (Å²) >= 11 is 0. The Morgan fingerprint density at radius 3 is 2.03 bits per heavy atom. The second kappa shape index (κ2) is 15.4. The monoisotopic (exact) mass is 482 g/mol. The Balaban J connectivity index is 1.28. The van der Waals surface area contributed by atoms with Crippen molar-refractivity contribution < 1.29 is 9.30 Å². The third-order valence-electron chi connectivity index (χ3n) is 6.36. The van der Waals surface area contributed by atoms with E-state index in [1.54, 1.807) is 0 Å². The van der Waals surface area contributed by atoms with E-state index < -0.39 is 0 Å².